The first kappa shape index (κ1) is 13.7. The lowest BCUT2D eigenvalue weighted by Gasteiger charge is -1.98. The maximum absolute atomic E-state index is 10.9. The smallest absolute Gasteiger partial charge is 0.198 e. The van der Waals surface area contributed by atoms with Gasteiger partial charge in [0.25, 0.3) is 0 Å². The lowest BCUT2D eigenvalue weighted by Crippen LogP contribution is -2.10. The first-order chi connectivity index (χ1) is 6.95. The van der Waals surface area contributed by atoms with Crippen LogP contribution in [0.4, 0.5) is 0 Å². The molecule has 0 aromatic heterocycles. The van der Waals surface area contributed by atoms with Crippen molar-refractivity contribution in [2.45, 2.75) is 46.0 Å². The normalized spacial score (nSPS) is 9.73. The van der Waals surface area contributed by atoms with Crippen LogP contribution in [0.15, 0.2) is 0 Å². The summed E-state index contributed by atoms with van der Waals surface area (Å²) >= 11 is 0. The molecule has 4 heteroatoms. The molecule has 0 saturated carbocycles. The maximum Gasteiger partial charge on any atom is 0.198 e. The van der Waals surface area contributed by atoms with Gasteiger partial charge < -0.3 is 0 Å². The van der Waals surface area contributed by atoms with Crippen molar-refractivity contribution in [1.82, 2.24) is 0 Å². The highest BCUT2D eigenvalue weighted by Gasteiger charge is 2.08. The van der Waals surface area contributed by atoms with E-state index < -0.39 is 11.6 Å². The minimum atomic E-state index is -0.421. The number of hydrogen-bond acceptors (Lipinski definition) is 4. The molecule has 0 aromatic carbocycles. The Bertz CT molecular complexity index is 250. The summed E-state index contributed by atoms with van der Waals surface area (Å²) in [5, 5.41) is 0. The van der Waals surface area contributed by atoms with Crippen molar-refractivity contribution in [3.05, 3.63) is 0 Å². The van der Waals surface area contributed by atoms with Crippen molar-refractivity contribution < 1.29 is 19.2 Å². The average molecular weight is 212 g/mol. The fraction of sp³-hybridized carbons (Fsp3) is 0.636. The summed E-state index contributed by atoms with van der Waals surface area (Å²) in [6.07, 6.45) is 2.37. The van der Waals surface area contributed by atoms with Gasteiger partial charge in [0.15, 0.2) is 23.1 Å². The van der Waals surface area contributed by atoms with Gasteiger partial charge in [-0.05, 0) is 12.8 Å². The molecular formula is C11H16O4. The average Bonchev–Trinajstić information content (AvgIpc) is 2.16. The predicted molar refractivity (Wildman–Crippen MR) is 54.5 cm³/mol. The molecule has 0 bridgehead atoms. The lowest BCUT2D eigenvalue weighted by atomic mass is 10.1. The quantitative estimate of drug-likeness (QED) is 0.448. The molecule has 0 atom stereocenters. The summed E-state index contributed by atoms with van der Waals surface area (Å²) in [4.78, 5) is 42.9. The number of hydrogen-bond donors (Lipinski definition) is 0. The molecule has 0 aromatic rings. The Kier molecular flexibility index (Phi) is 6.42. The predicted octanol–water partition coefficient (Wildman–Crippen LogP) is 1.25. The van der Waals surface area contributed by atoms with Gasteiger partial charge >= 0.3 is 0 Å². The van der Waals surface area contributed by atoms with E-state index in [1.807, 2.05) is 0 Å². The van der Waals surface area contributed by atoms with Gasteiger partial charge in [0.1, 0.15) is 0 Å². The Hall–Kier alpha value is -1.32. The zero-order valence-corrected chi connectivity index (χ0v) is 9.17. The molecule has 0 unspecified atom stereocenters. The van der Waals surface area contributed by atoms with Crippen molar-refractivity contribution >= 4 is 23.1 Å². The fourth-order valence-electron chi connectivity index (χ4n) is 1.10. The summed E-state index contributed by atoms with van der Waals surface area (Å²) in [5.41, 5.74) is 0. The van der Waals surface area contributed by atoms with Gasteiger partial charge in [-0.25, -0.2) is 0 Å². The molecule has 0 amide bonds. The van der Waals surface area contributed by atoms with E-state index >= 15 is 0 Å². The van der Waals surface area contributed by atoms with Crippen LogP contribution in [0.1, 0.15) is 46.0 Å². The SMILES string of the molecule is CC(=O)C(=O)CCCCCC(=O)C(C)=O. The Labute approximate surface area is 89.0 Å². The van der Waals surface area contributed by atoms with Gasteiger partial charge in [-0.15, -0.1) is 0 Å². The van der Waals surface area contributed by atoms with Crippen molar-refractivity contribution in [3.63, 3.8) is 0 Å². The molecule has 0 fully saturated rings. The van der Waals surface area contributed by atoms with E-state index in [0.717, 1.165) is 0 Å². The molecular weight excluding hydrogens is 196 g/mol. The molecule has 0 spiro atoms. The molecule has 15 heavy (non-hydrogen) atoms. The van der Waals surface area contributed by atoms with Crippen molar-refractivity contribution in [1.29, 1.82) is 0 Å². The van der Waals surface area contributed by atoms with Crippen molar-refractivity contribution in [2.24, 2.45) is 0 Å². The van der Waals surface area contributed by atoms with Crippen LogP contribution in [-0.2, 0) is 19.2 Å². The first-order valence-electron chi connectivity index (χ1n) is 5.02. The third-order valence-corrected chi connectivity index (χ3v) is 2.09. The van der Waals surface area contributed by atoms with E-state index in [2.05, 4.69) is 0 Å². The van der Waals surface area contributed by atoms with E-state index in [9.17, 15) is 19.2 Å². The van der Waals surface area contributed by atoms with Crippen LogP contribution in [0, 0.1) is 0 Å². The van der Waals surface area contributed by atoms with E-state index in [1.165, 1.54) is 13.8 Å². The molecule has 0 heterocycles. The van der Waals surface area contributed by atoms with Crippen LogP contribution in [0.2, 0.25) is 0 Å². The molecule has 0 aliphatic rings. The second-order valence-corrected chi connectivity index (χ2v) is 3.52. The summed E-state index contributed by atoms with van der Waals surface area (Å²) in [7, 11) is 0. The van der Waals surface area contributed by atoms with Gasteiger partial charge in [0, 0.05) is 26.7 Å². The van der Waals surface area contributed by atoms with E-state index in [4.69, 9.17) is 0 Å². The van der Waals surface area contributed by atoms with Crippen LogP contribution >= 0.6 is 0 Å². The molecule has 0 rings (SSSR count). The monoisotopic (exact) mass is 212 g/mol. The Morgan fingerprint density at radius 3 is 1.27 bits per heavy atom. The molecule has 84 valence electrons. The molecule has 4 nitrogen and oxygen atoms in total. The molecule has 0 N–H and O–H groups in total. The number of unbranched alkanes of at least 4 members (excludes halogenated alkanes) is 2. The highest BCUT2D eigenvalue weighted by Crippen LogP contribution is 2.04. The summed E-state index contributed by atoms with van der Waals surface area (Å²) < 4.78 is 0. The highest BCUT2D eigenvalue weighted by atomic mass is 16.2. The minimum Gasteiger partial charge on any atom is -0.291 e. The van der Waals surface area contributed by atoms with E-state index in [0.29, 0.717) is 19.3 Å². The second kappa shape index (κ2) is 7.04. The zero-order valence-electron chi connectivity index (χ0n) is 9.17. The molecule has 0 aliphatic heterocycles. The zero-order chi connectivity index (χ0) is 11.8. The van der Waals surface area contributed by atoms with Gasteiger partial charge in [0.05, 0.1) is 0 Å². The number of carbonyl (C=O) groups excluding carboxylic acids is 4. The van der Waals surface area contributed by atoms with Crippen molar-refractivity contribution in [2.75, 3.05) is 0 Å². The highest BCUT2D eigenvalue weighted by molar-refractivity contribution is 6.36. The van der Waals surface area contributed by atoms with Gasteiger partial charge in [-0.1, -0.05) is 6.42 Å². The first-order valence-corrected chi connectivity index (χ1v) is 5.02. The molecule has 0 aliphatic carbocycles. The third-order valence-electron chi connectivity index (χ3n) is 2.09. The molecule has 0 saturated heterocycles. The fourth-order valence-corrected chi connectivity index (χ4v) is 1.10. The van der Waals surface area contributed by atoms with Crippen molar-refractivity contribution in [3.8, 4) is 0 Å². The summed E-state index contributed by atoms with van der Waals surface area (Å²) in [6.45, 7) is 2.50. The summed E-state index contributed by atoms with van der Waals surface area (Å²) in [6, 6.07) is 0. The molecule has 0 radical (unpaired) electrons. The Morgan fingerprint density at radius 1 is 0.667 bits per heavy atom. The Balaban J connectivity index is 3.48. The number of Topliss-reactive ketones (excluding diaryl/α,β-unsaturated/α-hetero) is 4. The van der Waals surface area contributed by atoms with Gasteiger partial charge in [0.2, 0.25) is 0 Å². The van der Waals surface area contributed by atoms with Crippen LogP contribution in [0.5, 0.6) is 0 Å². The standard InChI is InChI=1S/C11H16O4/c1-8(12)10(14)6-4-3-5-7-11(15)9(2)13/h3-7H2,1-2H3. The number of rotatable bonds is 8. The van der Waals surface area contributed by atoms with E-state index in [1.54, 1.807) is 0 Å². The third kappa shape index (κ3) is 6.71. The minimum absolute atomic E-state index is 0.240. The van der Waals surface area contributed by atoms with Crippen LogP contribution in [-0.4, -0.2) is 23.1 Å². The largest absolute Gasteiger partial charge is 0.291 e. The van der Waals surface area contributed by atoms with E-state index in [-0.39, 0.29) is 24.4 Å². The van der Waals surface area contributed by atoms with Crippen LogP contribution in [0.3, 0.4) is 0 Å². The Morgan fingerprint density at radius 2 is 1.00 bits per heavy atom. The van der Waals surface area contributed by atoms with Gasteiger partial charge in [-0.3, -0.25) is 19.2 Å². The topological polar surface area (TPSA) is 68.3 Å². The summed E-state index contributed by atoms with van der Waals surface area (Å²) in [5.74, 6) is -1.58. The van der Waals surface area contributed by atoms with Gasteiger partial charge in [-0.2, -0.15) is 0 Å². The second-order valence-electron chi connectivity index (χ2n) is 3.52. The van der Waals surface area contributed by atoms with Crippen LogP contribution in [0.25, 0.3) is 0 Å². The maximum atomic E-state index is 10.9. The van der Waals surface area contributed by atoms with Crippen LogP contribution < -0.4 is 0 Å². The number of carbonyl (C=O) groups is 4. The number of ketones is 4. The lowest BCUT2D eigenvalue weighted by molar-refractivity contribution is -0.135.